The highest BCUT2D eigenvalue weighted by Gasteiger charge is 2.30. The molecule has 0 saturated heterocycles. The molecule has 2 N–H and O–H groups in total. The highest BCUT2D eigenvalue weighted by atomic mass is 16.4. The van der Waals surface area contributed by atoms with Gasteiger partial charge in [0.05, 0.1) is 17.4 Å². The Kier molecular flexibility index (Phi) is 2.20. The number of hydrogen-bond donors (Lipinski definition) is 2. The number of aromatic amines is 1. The van der Waals surface area contributed by atoms with Gasteiger partial charge in [0.2, 0.25) is 0 Å². The quantitative estimate of drug-likeness (QED) is 0.764. The topological polar surface area (TPSA) is 83.8 Å². The Balaban J connectivity index is 2.01. The van der Waals surface area contributed by atoms with Crippen LogP contribution in [0.2, 0.25) is 0 Å². The SMILES string of the molecule is O=C(O)c1[nH]cnc1-c1nc2ccccc2n1C1CC1. The number of nitrogens with one attached hydrogen (secondary N) is 1. The molecule has 20 heavy (non-hydrogen) atoms. The third-order valence-electron chi connectivity index (χ3n) is 3.57. The summed E-state index contributed by atoms with van der Waals surface area (Å²) in [4.78, 5) is 22.7. The molecule has 1 aliphatic rings. The van der Waals surface area contributed by atoms with E-state index in [4.69, 9.17) is 0 Å². The zero-order valence-corrected chi connectivity index (χ0v) is 10.6. The van der Waals surface area contributed by atoms with Crippen LogP contribution in [-0.2, 0) is 0 Å². The van der Waals surface area contributed by atoms with Gasteiger partial charge in [0.25, 0.3) is 0 Å². The van der Waals surface area contributed by atoms with Gasteiger partial charge in [0.15, 0.2) is 11.5 Å². The smallest absolute Gasteiger partial charge is 0.354 e. The van der Waals surface area contributed by atoms with Crippen molar-refractivity contribution < 1.29 is 9.90 Å². The lowest BCUT2D eigenvalue weighted by Crippen LogP contribution is -2.04. The Morgan fingerprint density at radius 2 is 2.15 bits per heavy atom. The van der Waals surface area contributed by atoms with E-state index in [2.05, 4.69) is 19.5 Å². The van der Waals surface area contributed by atoms with Crippen molar-refractivity contribution >= 4 is 17.0 Å². The molecule has 2 aromatic heterocycles. The van der Waals surface area contributed by atoms with Crippen LogP contribution in [0.1, 0.15) is 29.4 Å². The van der Waals surface area contributed by atoms with Crippen LogP contribution in [0.3, 0.4) is 0 Å². The number of aromatic carboxylic acids is 1. The van der Waals surface area contributed by atoms with E-state index in [1.54, 1.807) is 0 Å². The molecule has 4 rings (SSSR count). The number of H-pyrrole nitrogens is 1. The van der Waals surface area contributed by atoms with Crippen molar-refractivity contribution in [1.82, 2.24) is 19.5 Å². The van der Waals surface area contributed by atoms with Crippen LogP contribution in [0.15, 0.2) is 30.6 Å². The normalized spacial score (nSPS) is 14.8. The first-order valence-electron chi connectivity index (χ1n) is 6.49. The van der Waals surface area contributed by atoms with Gasteiger partial charge in [0.1, 0.15) is 5.69 Å². The summed E-state index contributed by atoms with van der Waals surface area (Å²) >= 11 is 0. The minimum Gasteiger partial charge on any atom is -0.477 e. The number of carboxylic acid groups (broad SMARTS) is 1. The molecule has 0 atom stereocenters. The molecule has 1 aliphatic carbocycles. The third-order valence-corrected chi connectivity index (χ3v) is 3.57. The summed E-state index contributed by atoms with van der Waals surface area (Å²) in [5.41, 5.74) is 2.39. The minimum atomic E-state index is -1.02. The Morgan fingerprint density at radius 3 is 2.90 bits per heavy atom. The molecule has 1 aromatic carbocycles. The molecule has 0 aliphatic heterocycles. The summed E-state index contributed by atoms with van der Waals surface area (Å²) in [5, 5.41) is 9.23. The third kappa shape index (κ3) is 1.54. The molecular weight excluding hydrogens is 256 g/mol. The maximum absolute atomic E-state index is 11.3. The van der Waals surface area contributed by atoms with Gasteiger partial charge in [-0.15, -0.1) is 0 Å². The Bertz CT molecular complexity index is 814. The van der Waals surface area contributed by atoms with Crippen LogP contribution in [0.4, 0.5) is 0 Å². The van der Waals surface area contributed by atoms with Crippen LogP contribution in [-0.4, -0.2) is 30.6 Å². The van der Waals surface area contributed by atoms with Gasteiger partial charge in [-0.2, -0.15) is 0 Å². The van der Waals surface area contributed by atoms with Crippen molar-refractivity contribution in [2.75, 3.05) is 0 Å². The van der Waals surface area contributed by atoms with Crippen molar-refractivity contribution in [3.8, 4) is 11.5 Å². The average molecular weight is 268 g/mol. The molecule has 0 amide bonds. The largest absolute Gasteiger partial charge is 0.477 e. The van der Waals surface area contributed by atoms with Crippen molar-refractivity contribution in [1.29, 1.82) is 0 Å². The molecule has 0 radical (unpaired) electrons. The van der Waals surface area contributed by atoms with E-state index in [1.165, 1.54) is 6.33 Å². The molecular formula is C14H12N4O2. The van der Waals surface area contributed by atoms with Gasteiger partial charge in [0, 0.05) is 6.04 Å². The van der Waals surface area contributed by atoms with Crippen molar-refractivity contribution in [2.45, 2.75) is 18.9 Å². The number of fused-ring (bicyclic) bond motifs is 1. The first-order valence-corrected chi connectivity index (χ1v) is 6.49. The zero-order valence-electron chi connectivity index (χ0n) is 10.6. The van der Waals surface area contributed by atoms with Crippen LogP contribution in [0, 0.1) is 0 Å². The van der Waals surface area contributed by atoms with E-state index < -0.39 is 5.97 Å². The lowest BCUT2D eigenvalue weighted by Gasteiger charge is -2.06. The number of rotatable bonds is 3. The highest BCUT2D eigenvalue weighted by Crippen LogP contribution is 2.41. The first-order chi connectivity index (χ1) is 9.75. The second-order valence-corrected chi connectivity index (χ2v) is 4.96. The summed E-state index contributed by atoms with van der Waals surface area (Å²) in [6.45, 7) is 0. The van der Waals surface area contributed by atoms with Gasteiger partial charge in [-0.05, 0) is 25.0 Å². The molecule has 6 heteroatoms. The van der Waals surface area contributed by atoms with Crippen molar-refractivity contribution in [3.05, 3.63) is 36.3 Å². The molecule has 100 valence electrons. The predicted octanol–water partition coefficient (Wildman–Crippen LogP) is 2.46. The Morgan fingerprint density at radius 1 is 1.35 bits per heavy atom. The minimum absolute atomic E-state index is 0.0854. The van der Waals surface area contributed by atoms with Crippen LogP contribution < -0.4 is 0 Å². The summed E-state index contributed by atoms with van der Waals surface area (Å²) in [5.74, 6) is -0.390. The predicted molar refractivity (Wildman–Crippen MR) is 72.5 cm³/mol. The fraction of sp³-hybridized carbons (Fsp3) is 0.214. The van der Waals surface area contributed by atoms with Crippen LogP contribution in [0.5, 0.6) is 0 Å². The van der Waals surface area contributed by atoms with Crippen molar-refractivity contribution in [3.63, 3.8) is 0 Å². The fourth-order valence-corrected chi connectivity index (χ4v) is 2.54. The number of benzene rings is 1. The van der Waals surface area contributed by atoms with Gasteiger partial charge in [-0.1, -0.05) is 12.1 Å². The number of imidazole rings is 2. The van der Waals surface area contributed by atoms with Gasteiger partial charge in [-0.25, -0.2) is 14.8 Å². The second-order valence-electron chi connectivity index (χ2n) is 4.96. The van der Waals surface area contributed by atoms with Gasteiger partial charge in [-0.3, -0.25) is 0 Å². The number of nitrogens with zero attached hydrogens (tertiary/aromatic N) is 3. The maximum atomic E-state index is 11.3. The summed E-state index contributed by atoms with van der Waals surface area (Å²) in [6.07, 6.45) is 3.59. The molecule has 0 bridgehead atoms. The summed E-state index contributed by atoms with van der Waals surface area (Å²) in [7, 11) is 0. The van der Waals surface area contributed by atoms with Crippen LogP contribution in [0.25, 0.3) is 22.6 Å². The van der Waals surface area contributed by atoms with E-state index in [0.717, 1.165) is 23.9 Å². The highest BCUT2D eigenvalue weighted by molar-refractivity contribution is 5.93. The van der Waals surface area contributed by atoms with E-state index in [9.17, 15) is 9.90 Å². The van der Waals surface area contributed by atoms with E-state index in [1.807, 2.05) is 24.3 Å². The monoisotopic (exact) mass is 268 g/mol. The molecule has 3 aromatic rings. The molecule has 0 unspecified atom stereocenters. The van der Waals surface area contributed by atoms with Gasteiger partial charge < -0.3 is 14.7 Å². The average Bonchev–Trinajstić information content (AvgIpc) is 3.04. The standard InChI is InChI=1S/C14H12N4O2/c19-14(20)12-11(15-7-16-12)13-17-9-3-1-2-4-10(9)18(13)8-5-6-8/h1-4,7-8H,5-6H2,(H,15,16)(H,19,20). The second kappa shape index (κ2) is 3.93. The first kappa shape index (κ1) is 11.2. The maximum Gasteiger partial charge on any atom is 0.354 e. The zero-order chi connectivity index (χ0) is 13.7. The van der Waals surface area contributed by atoms with Crippen molar-refractivity contribution in [2.24, 2.45) is 0 Å². The lowest BCUT2D eigenvalue weighted by atomic mass is 10.3. The Hall–Kier alpha value is -2.63. The lowest BCUT2D eigenvalue weighted by molar-refractivity contribution is 0.0692. The number of aromatic nitrogens is 4. The van der Waals surface area contributed by atoms with E-state index in [-0.39, 0.29) is 5.69 Å². The van der Waals surface area contributed by atoms with E-state index >= 15 is 0 Å². The summed E-state index contributed by atoms with van der Waals surface area (Å²) in [6, 6.07) is 8.24. The number of hydrogen-bond acceptors (Lipinski definition) is 3. The van der Waals surface area contributed by atoms with Crippen LogP contribution >= 0.6 is 0 Å². The summed E-state index contributed by atoms with van der Waals surface area (Å²) < 4.78 is 2.11. The molecule has 1 saturated carbocycles. The Labute approximate surface area is 114 Å². The molecule has 6 nitrogen and oxygen atoms in total. The van der Waals surface area contributed by atoms with E-state index in [0.29, 0.717) is 17.6 Å². The molecule has 0 spiro atoms. The number of para-hydroxylation sites is 2. The number of carbonyl (C=O) groups is 1. The fourth-order valence-electron chi connectivity index (χ4n) is 2.54. The molecule has 2 heterocycles. The van der Waals surface area contributed by atoms with Gasteiger partial charge >= 0.3 is 5.97 Å². The number of carboxylic acids is 1. The molecule has 1 fully saturated rings.